The maximum atomic E-state index is 5.76. The zero-order chi connectivity index (χ0) is 9.80. The highest BCUT2D eigenvalue weighted by Gasteiger charge is 2.13. The van der Waals surface area contributed by atoms with Crippen LogP contribution in [0.3, 0.4) is 0 Å². The summed E-state index contributed by atoms with van der Waals surface area (Å²) < 4.78 is 0. The van der Waals surface area contributed by atoms with E-state index in [0.717, 1.165) is 25.9 Å². The van der Waals surface area contributed by atoms with E-state index in [1.165, 1.54) is 0 Å². The quantitative estimate of drug-likeness (QED) is 0.783. The molecule has 0 radical (unpaired) electrons. The molecule has 2 rings (SSSR count). The number of rotatable bonds is 2. The van der Waals surface area contributed by atoms with Gasteiger partial charge in [-0.15, -0.1) is 12.4 Å². The topological polar surface area (TPSA) is 49.8 Å². The lowest BCUT2D eigenvalue weighted by Crippen LogP contribution is -2.35. The van der Waals surface area contributed by atoms with Crippen LogP contribution in [0.2, 0.25) is 5.15 Å². The molecule has 2 heterocycles. The van der Waals surface area contributed by atoms with Gasteiger partial charge in [0.2, 0.25) is 5.95 Å². The third-order valence-corrected chi connectivity index (χ3v) is 2.50. The van der Waals surface area contributed by atoms with Gasteiger partial charge in [-0.2, -0.15) is 0 Å². The zero-order valence-corrected chi connectivity index (χ0v) is 9.81. The van der Waals surface area contributed by atoms with Crippen molar-refractivity contribution < 1.29 is 0 Å². The molecule has 0 bridgehead atoms. The molecular weight excluding hydrogens is 235 g/mol. The summed E-state index contributed by atoms with van der Waals surface area (Å²) >= 11 is 5.76. The molecule has 0 saturated carbocycles. The van der Waals surface area contributed by atoms with E-state index >= 15 is 0 Å². The molecule has 0 amide bonds. The number of anilines is 1. The van der Waals surface area contributed by atoms with Crippen molar-refractivity contribution in [2.45, 2.75) is 18.9 Å². The Bertz CT molecular complexity index is 302. The fourth-order valence-electron chi connectivity index (χ4n) is 1.56. The van der Waals surface area contributed by atoms with Crippen molar-refractivity contribution in [1.29, 1.82) is 0 Å². The predicted molar refractivity (Wildman–Crippen MR) is 63.8 cm³/mol. The lowest BCUT2D eigenvalue weighted by molar-refractivity contribution is 0.477. The molecule has 84 valence electrons. The Morgan fingerprint density at radius 2 is 2.13 bits per heavy atom. The number of nitrogens with one attached hydrogen (secondary N) is 2. The molecule has 0 spiro atoms. The molecule has 15 heavy (non-hydrogen) atoms. The van der Waals surface area contributed by atoms with Gasteiger partial charge < -0.3 is 10.6 Å². The molecule has 1 saturated heterocycles. The first-order valence-electron chi connectivity index (χ1n) is 4.80. The van der Waals surface area contributed by atoms with Crippen molar-refractivity contribution in [2.75, 3.05) is 18.4 Å². The van der Waals surface area contributed by atoms with Crippen LogP contribution in [0, 0.1) is 0 Å². The molecule has 6 heteroatoms. The van der Waals surface area contributed by atoms with E-state index < -0.39 is 0 Å². The largest absolute Gasteiger partial charge is 0.351 e. The Kier molecular flexibility index (Phi) is 5.08. The van der Waals surface area contributed by atoms with Gasteiger partial charge in [-0.3, -0.25) is 0 Å². The summed E-state index contributed by atoms with van der Waals surface area (Å²) in [5, 5.41) is 7.06. The summed E-state index contributed by atoms with van der Waals surface area (Å²) in [6, 6.07) is 2.14. The van der Waals surface area contributed by atoms with Crippen LogP contribution in [0.25, 0.3) is 0 Å². The normalized spacial score (nSPS) is 16.9. The van der Waals surface area contributed by atoms with Crippen LogP contribution in [-0.4, -0.2) is 29.1 Å². The third-order valence-electron chi connectivity index (χ3n) is 2.29. The van der Waals surface area contributed by atoms with Crippen molar-refractivity contribution in [3.05, 3.63) is 17.4 Å². The fourth-order valence-corrected chi connectivity index (χ4v) is 1.69. The average Bonchev–Trinajstić information content (AvgIpc) is 2.19. The van der Waals surface area contributed by atoms with Gasteiger partial charge in [-0.05, 0) is 32.0 Å². The van der Waals surface area contributed by atoms with Crippen molar-refractivity contribution in [3.63, 3.8) is 0 Å². The van der Waals surface area contributed by atoms with Gasteiger partial charge in [0.25, 0.3) is 0 Å². The maximum absolute atomic E-state index is 5.76. The molecule has 0 atom stereocenters. The lowest BCUT2D eigenvalue weighted by Gasteiger charge is -2.23. The number of hydrogen-bond donors (Lipinski definition) is 2. The van der Waals surface area contributed by atoms with E-state index in [4.69, 9.17) is 11.6 Å². The van der Waals surface area contributed by atoms with E-state index in [2.05, 4.69) is 20.6 Å². The molecule has 0 unspecified atom stereocenters. The van der Waals surface area contributed by atoms with Crippen LogP contribution in [0.15, 0.2) is 12.3 Å². The van der Waals surface area contributed by atoms with Crippen LogP contribution >= 0.6 is 24.0 Å². The number of halogens is 2. The molecule has 4 nitrogen and oxygen atoms in total. The Hall–Kier alpha value is -0.580. The first-order chi connectivity index (χ1) is 6.84. The van der Waals surface area contributed by atoms with Crippen LogP contribution < -0.4 is 10.6 Å². The summed E-state index contributed by atoms with van der Waals surface area (Å²) in [5.74, 6) is 0.629. The second kappa shape index (κ2) is 6.10. The standard InChI is InChI=1S/C9H13ClN4.ClH/c10-8-3-6-12-9(14-8)13-7-1-4-11-5-2-7;/h3,6-7,11H,1-2,4-5H2,(H,12,13,14);1H. The van der Waals surface area contributed by atoms with E-state index in [1.54, 1.807) is 12.3 Å². The summed E-state index contributed by atoms with van der Waals surface area (Å²) in [6.07, 6.45) is 3.88. The Morgan fingerprint density at radius 1 is 1.40 bits per heavy atom. The second-order valence-electron chi connectivity index (χ2n) is 3.37. The lowest BCUT2D eigenvalue weighted by atomic mass is 10.1. The molecule has 1 aliphatic rings. The number of hydrogen-bond acceptors (Lipinski definition) is 4. The van der Waals surface area contributed by atoms with Gasteiger partial charge >= 0.3 is 0 Å². The van der Waals surface area contributed by atoms with Gasteiger partial charge in [0.1, 0.15) is 5.15 Å². The molecule has 2 N–H and O–H groups in total. The maximum Gasteiger partial charge on any atom is 0.224 e. The molecule has 0 aliphatic carbocycles. The van der Waals surface area contributed by atoms with E-state index in [0.29, 0.717) is 17.1 Å². The van der Waals surface area contributed by atoms with E-state index in [-0.39, 0.29) is 12.4 Å². The number of nitrogens with zero attached hydrogens (tertiary/aromatic N) is 2. The predicted octanol–water partition coefficient (Wildman–Crippen LogP) is 1.72. The minimum absolute atomic E-state index is 0. The molecule has 1 aliphatic heterocycles. The fraction of sp³-hybridized carbons (Fsp3) is 0.556. The Balaban J connectivity index is 0.00000112. The van der Waals surface area contributed by atoms with Crippen LogP contribution in [0.5, 0.6) is 0 Å². The van der Waals surface area contributed by atoms with Crippen molar-refractivity contribution in [2.24, 2.45) is 0 Å². The SMILES string of the molecule is Cl.Clc1ccnc(NC2CCNCC2)n1. The Morgan fingerprint density at radius 3 is 2.80 bits per heavy atom. The monoisotopic (exact) mass is 248 g/mol. The van der Waals surface area contributed by atoms with Gasteiger partial charge in [-0.1, -0.05) is 11.6 Å². The van der Waals surface area contributed by atoms with Gasteiger partial charge in [0.05, 0.1) is 0 Å². The molecule has 1 fully saturated rings. The molecule has 1 aromatic rings. The minimum Gasteiger partial charge on any atom is -0.351 e. The molecule has 1 aromatic heterocycles. The van der Waals surface area contributed by atoms with Crippen LogP contribution in [-0.2, 0) is 0 Å². The highest BCUT2D eigenvalue weighted by atomic mass is 35.5. The van der Waals surface area contributed by atoms with Crippen LogP contribution in [0.4, 0.5) is 5.95 Å². The molecular formula is C9H14Cl2N4. The number of piperidine rings is 1. The third kappa shape index (κ3) is 3.81. The van der Waals surface area contributed by atoms with E-state index in [9.17, 15) is 0 Å². The first-order valence-corrected chi connectivity index (χ1v) is 5.18. The molecule has 0 aromatic carbocycles. The highest BCUT2D eigenvalue weighted by molar-refractivity contribution is 6.29. The smallest absolute Gasteiger partial charge is 0.224 e. The Labute approximate surface area is 100 Å². The summed E-state index contributed by atoms with van der Waals surface area (Å²) in [4.78, 5) is 8.20. The minimum atomic E-state index is 0. The van der Waals surface area contributed by atoms with Crippen molar-refractivity contribution in [3.8, 4) is 0 Å². The second-order valence-corrected chi connectivity index (χ2v) is 3.76. The van der Waals surface area contributed by atoms with Gasteiger partial charge in [0.15, 0.2) is 0 Å². The summed E-state index contributed by atoms with van der Waals surface area (Å²) in [6.45, 7) is 2.11. The van der Waals surface area contributed by atoms with Crippen LogP contribution in [0.1, 0.15) is 12.8 Å². The van der Waals surface area contributed by atoms with E-state index in [1.807, 2.05) is 0 Å². The summed E-state index contributed by atoms with van der Waals surface area (Å²) in [7, 11) is 0. The highest BCUT2D eigenvalue weighted by Crippen LogP contribution is 2.11. The zero-order valence-electron chi connectivity index (χ0n) is 8.24. The summed E-state index contributed by atoms with van der Waals surface area (Å²) in [5.41, 5.74) is 0. The number of aromatic nitrogens is 2. The van der Waals surface area contributed by atoms with Gasteiger partial charge in [-0.25, -0.2) is 9.97 Å². The van der Waals surface area contributed by atoms with Crippen molar-refractivity contribution in [1.82, 2.24) is 15.3 Å². The first kappa shape index (κ1) is 12.5. The van der Waals surface area contributed by atoms with Gasteiger partial charge in [0, 0.05) is 12.2 Å². The average molecular weight is 249 g/mol. The van der Waals surface area contributed by atoms with Crippen molar-refractivity contribution >= 4 is 30.0 Å².